The van der Waals surface area contributed by atoms with Crippen molar-refractivity contribution in [3.8, 4) is 11.5 Å². The van der Waals surface area contributed by atoms with Gasteiger partial charge in [-0.15, -0.1) is 0 Å². The number of piperidine rings is 3. The molecule has 8 rings (SSSR count). The first kappa shape index (κ1) is 36.8. The molecule has 1 saturated carbocycles. The van der Waals surface area contributed by atoms with Crippen LogP contribution in [-0.2, 0) is 17.7 Å². The summed E-state index contributed by atoms with van der Waals surface area (Å²) in [5.41, 5.74) is 3.07. The lowest BCUT2D eigenvalue weighted by atomic mass is 9.82. The molecular weight excluding hydrogens is 719 g/mol. The zero-order chi connectivity index (χ0) is 37.1. The van der Waals surface area contributed by atoms with E-state index < -0.39 is 18.0 Å². The minimum Gasteiger partial charge on any atom is -0.493 e. The molecule has 5 heterocycles. The summed E-state index contributed by atoms with van der Waals surface area (Å²) < 4.78 is 19.1. The van der Waals surface area contributed by atoms with Crippen molar-refractivity contribution < 1.29 is 38.8 Å². The fraction of sp³-hybridized carbons (Fsp3) is 0.400. The van der Waals surface area contributed by atoms with Gasteiger partial charge in [0.1, 0.15) is 16.1 Å². The van der Waals surface area contributed by atoms with Crippen LogP contribution in [0.5, 0.6) is 11.5 Å². The van der Waals surface area contributed by atoms with Crippen molar-refractivity contribution in [1.29, 1.82) is 0 Å². The molecule has 11 nitrogen and oxygen atoms in total. The fourth-order valence-electron chi connectivity index (χ4n) is 7.92. The summed E-state index contributed by atoms with van der Waals surface area (Å²) in [6.45, 7) is 2.85. The van der Waals surface area contributed by atoms with E-state index in [4.69, 9.17) is 37.4 Å². The SMILES string of the molecule is COc1ccc(C(Cc2c(Cl)c[n+](O)cc2Cl)c2cc(CN(C(=O)O[C@H]3CN4CCC3CC4)c3cccnc3)ccc2C(=O)O)cc1OC1CCCC1. The first-order valence-electron chi connectivity index (χ1n) is 18.1. The molecule has 13 heteroatoms. The monoisotopic (exact) mass is 761 g/mol. The number of aromatic carboxylic acids is 1. The van der Waals surface area contributed by atoms with E-state index in [0.29, 0.717) is 46.3 Å². The van der Waals surface area contributed by atoms with Crippen molar-refractivity contribution >= 4 is 41.0 Å². The van der Waals surface area contributed by atoms with E-state index in [-0.39, 0.29) is 40.8 Å². The Labute approximate surface area is 318 Å². The van der Waals surface area contributed by atoms with Crippen LogP contribution in [0.3, 0.4) is 0 Å². The van der Waals surface area contributed by atoms with Gasteiger partial charge in [-0.2, -0.15) is 0 Å². The summed E-state index contributed by atoms with van der Waals surface area (Å²) >= 11 is 13.3. The number of pyridine rings is 2. The highest BCUT2D eigenvalue weighted by Crippen LogP contribution is 2.41. The van der Waals surface area contributed by atoms with Crippen molar-refractivity contribution in [2.45, 2.75) is 69.6 Å². The summed E-state index contributed by atoms with van der Waals surface area (Å²) in [5, 5.41) is 21.1. The van der Waals surface area contributed by atoms with Gasteiger partial charge in [-0.25, -0.2) is 9.59 Å². The van der Waals surface area contributed by atoms with E-state index in [9.17, 15) is 19.9 Å². The molecule has 1 amide bonds. The number of methoxy groups -OCH3 is 1. The lowest BCUT2D eigenvalue weighted by Gasteiger charge is -2.44. The van der Waals surface area contributed by atoms with Crippen LogP contribution in [0.4, 0.5) is 10.5 Å². The largest absolute Gasteiger partial charge is 0.493 e. The maximum atomic E-state index is 14.0. The van der Waals surface area contributed by atoms with Crippen molar-refractivity contribution in [3.63, 3.8) is 0 Å². The van der Waals surface area contributed by atoms with Crippen LogP contribution in [0.25, 0.3) is 0 Å². The molecule has 53 heavy (non-hydrogen) atoms. The summed E-state index contributed by atoms with van der Waals surface area (Å²) in [5.74, 6) is -0.264. The quantitative estimate of drug-likeness (QED) is 0.111. The molecule has 2 atom stereocenters. The second kappa shape index (κ2) is 16.2. The minimum atomic E-state index is -1.11. The van der Waals surface area contributed by atoms with E-state index in [1.807, 2.05) is 24.3 Å². The van der Waals surface area contributed by atoms with Crippen LogP contribution < -0.4 is 19.1 Å². The second-order valence-electron chi connectivity index (χ2n) is 14.1. The number of carboxylic acid groups (broad SMARTS) is 1. The molecular formula is C40H43Cl2N4O7+. The lowest BCUT2D eigenvalue weighted by molar-refractivity contribution is -0.904. The van der Waals surface area contributed by atoms with Gasteiger partial charge in [-0.3, -0.25) is 20.0 Å². The average molecular weight is 763 g/mol. The molecule has 3 saturated heterocycles. The fourth-order valence-corrected chi connectivity index (χ4v) is 8.53. The number of carboxylic acids is 1. The second-order valence-corrected chi connectivity index (χ2v) is 14.9. The molecule has 3 aliphatic heterocycles. The maximum absolute atomic E-state index is 14.0. The number of hydrogen-bond donors (Lipinski definition) is 2. The Kier molecular flexibility index (Phi) is 11.2. The van der Waals surface area contributed by atoms with E-state index in [1.54, 1.807) is 48.7 Å². The summed E-state index contributed by atoms with van der Waals surface area (Å²) in [7, 11) is 1.59. The van der Waals surface area contributed by atoms with Gasteiger partial charge < -0.3 is 19.3 Å². The van der Waals surface area contributed by atoms with Gasteiger partial charge in [0.15, 0.2) is 11.5 Å². The Balaban J connectivity index is 1.29. The maximum Gasteiger partial charge on any atom is 0.414 e. The van der Waals surface area contributed by atoms with Gasteiger partial charge in [-0.1, -0.05) is 41.4 Å². The lowest BCUT2D eigenvalue weighted by Crippen LogP contribution is -2.53. The van der Waals surface area contributed by atoms with Crippen LogP contribution in [0.1, 0.15) is 77.1 Å². The van der Waals surface area contributed by atoms with E-state index in [1.165, 1.54) is 12.4 Å². The number of nitrogens with zero attached hydrogens (tertiary/aromatic N) is 4. The number of benzene rings is 2. The third-order valence-electron chi connectivity index (χ3n) is 10.8. The molecule has 4 fully saturated rings. The third-order valence-corrected chi connectivity index (χ3v) is 11.4. The molecule has 0 radical (unpaired) electrons. The molecule has 0 spiro atoms. The van der Waals surface area contributed by atoms with Crippen LogP contribution in [0.15, 0.2) is 73.3 Å². The number of carbonyl (C=O) groups is 2. The highest BCUT2D eigenvalue weighted by Gasteiger charge is 2.38. The van der Waals surface area contributed by atoms with Crippen LogP contribution in [-0.4, -0.2) is 71.2 Å². The van der Waals surface area contributed by atoms with Gasteiger partial charge in [0.25, 0.3) is 0 Å². The van der Waals surface area contributed by atoms with Gasteiger partial charge >= 0.3 is 12.1 Å². The first-order chi connectivity index (χ1) is 25.7. The number of rotatable bonds is 12. The smallest absolute Gasteiger partial charge is 0.414 e. The van der Waals surface area contributed by atoms with Crippen molar-refractivity contribution in [1.82, 2.24) is 9.88 Å². The van der Waals surface area contributed by atoms with Crippen LogP contribution >= 0.6 is 23.2 Å². The highest BCUT2D eigenvalue weighted by atomic mass is 35.5. The minimum absolute atomic E-state index is 0.0488. The molecule has 1 unspecified atom stereocenters. The predicted molar refractivity (Wildman–Crippen MR) is 199 cm³/mol. The molecule has 4 aromatic rings. The molecule has 1 aliphatic carbocycles. The Morgan fingerprint density at radius 3 is 2.42 bits per heavy atom. The number of aromatic nitrogens is 2. The number of anilines is 1. The van der Waals surface area contributed by atoms with Gasteiger partial charge in [0.05, 0.1) is 37.2 Å². The molecule has 2 aromatic heterocycles. The standard InChI is InChI=1S/C40H42Cl2N4O7/c1-51-36-11-9-27(18-37(36)52-29-6-2-3-7-29)31(19-33-34(41)22-45(50)23-35(33)42)32-17-25(8-10-30(32)39(47)48)21-46(28-5-4-14-43-20-28)40(49)53-38-24-44-15-12-26(38)13-16-44/h4-5,8-11,14,17-18,20,22-23,26,29,31,38H,2-3,6-7,12-13,15-16,19,21,24H2,1H3,(H-,47,48,50)/p+1/t31?,38-/m0/s1. The summed E-state index contributed by atoms with van der Waals surface area (Å²) in [6, 6.07) is 14.3. The average Bonchev–Trinajstić information content (AvgIpc) is 3.67. The number of ether oxygens (including phenoxy) is 3. The van der Waals surface area contributed by atoms with Gasteiger partial charge in [-0.05, 0) is 111 Å². The molecule has 2 bridgehead atoms. The summed E-state index contributed by atoms with van der Waals surface area (Å²) in [6.07, 6.45) is 11.5. The number of fused-ring (bicyclic) bond motifs is 3. The predicted octanol–water partition coefficient (Wildman–Crippen LogP) is 7.55. The normalized spacial score (nSPS) is 20.2. The van der Waals surface area contributed by atoms with Gasteiger partial charge in [0, 0.05) is 29.0 Å². The van der Waals surface area contributed by atoms with Crippen molar-refractivity contribution in [3.05, 3.63) is 111 Å². The molecule has 2 N–H and O–H groups in total. The third kappa shape index (κ3) is 8.32. The number of hydrogen-bond acceptors (Lipinski definition) is 8. The Morgan fingerprint density at radius 1 is 1.02 bits per heavy atom. The number of halogens is 2. The molecule has 4 aliphatic rings. The van der Waals surface area contributed by atoms with Crippen LogP contribution in [0, 0.1) is 5.92 Å². The van der Waals surface area contributed by atoms with Crippen molar-refractivity contribution in [2.75, 3.05) is 31.6 Å². The number of amides is 1. The molecule has 278 valence electrons. The summed E-state index contributed by atoms with van der Waals surface area (Å²) in [4.78, 5) is 35.0. The highest BCUT2D eigenvalue weighted by molar-refractivity contribution is 6.35. The van der Waals surface area contributed by atoms with Crippen LogP contribution in [0.2, 0.25) is 10.0 Å². The van der Waals surface area contributed by atoms with E-state index in [0.717, 1.165) is 61.9 Å². The Hall–Kier alpha value is -4.58. The number of carbonyl (C=O) groups excluding carboxylic acids is 1. The first-order valence-corrected chi connectivity index (χ1v) is 18.8. The topological polar surface area (TPSA) is 126 Å². The van der Waals surface area contributed by atoms with Gasteiger partial charge in [0.2, 0.25) is 12.4 Å². The Morgan fingerprint density at radius 2 is 1.77 bits per heavy atom. The van der Waals surface area contributed by atoms with Crippen molar-refractivity contribution in [2.24, 2.45) is 5.92 Å². The zero-order valence-electron chi connectivity index (χ0n) is 29.5. The van der Waals surface area contributed by atoms with E-state index >= 15 is 0 Å². The Bertz CT molecular complexity index is 1930. The van der Waals surface area contributed by atoms with E-state index in [2.05, 4.69) is 9.88 Å². The zero-order valence-corrected chi connectivity index (χ0v) is 31.0. The molecule has 2 aromatic carbocycles.